The van der Waals surface area contributed by atoms with Crippen LogP contribution in [0.4, 0.5) is 18.9 Å². The van der Waals surface area contributed by atoms with Crippen molar-refractivity contribution >= 4 is 29.1 Å². The maximum absolute atomic E-state index is 13.4. The molecular formula is C23H22ClF3N2O2. The zero-order valence-electron chi connectivity index (χ0n) is 16.7. The molecule has 2 atom stereocenters. The predicted octanol–water partition coefficient (Wildman–Crippen LogP) is 5.45. The van der Waals surface area contributed by atoms with Crippen LogP contribution in [0.5, 0.6) is 0 Å². The lowest BCUT2D eigenvalue weighted by molar-refractivity contribution is -0.152. The lowest BCUT2D eigenvalue weighted by Crippen LogP contribution is -2.48. The Kier molecular flexibility index (Phi) is 5.97. The average molecular weight is 451 g/mol. The number of hydrogen-bond donors (Lipinski definition) is 1. The Morgan fingerprint density at radius 2 is 1.74 bits per heavy atom. The minimum absolute atomic E-state index is 0.102. The number of carbonyl (C=O) groups is 2. The first-order valence-electron chi connectivity index (χ1n) is 10.3. The van der Waals surface area contributed by atoms with E-state index in [0.29, 0.717) is 41.2 Å². The molecule has 164 valence electrons. The SMILES string of the molecule is O=C1CCC(c2cccc(-c3ccc(N4CCCCC4C(F)(F)F)cc3)c2Cl)C(=O)N1. The normalized spacial score (nSPS) is 22.4. The number of carbonyl (C=O) groups excluding carboxylic acids is 2. The second-order valence-corrected chi connectivity index (χ2v) is 8.38. The zero-order chi connectivity index (χ0) is 22.2. The van der Waals surface area contributed by atoms with Gasteiger partial charge in [-0.3, -0.25) is 14.9 Å². The van der Waals surface area contributed by atoms with Crippen LogP contribution in [0.25, 0.3) is 11.1 Å². The third kappa shape index (κ3) is 4.42. The predicted molar refractivity (Wildman–Crippen MR) is 113 cm³/mol. The van der Waals surface area contributed by atoms with Crippen molar-refractivity contribution in [3.63, 3.8) is 0 Å². The highest BCUT2D eigenvalue weighted by Gasteiger charge is 2.44. The summed E-state index contributed by atoms with van der Waals surface area (Å²) in [6, 6.07) is 10.8. The third-order valence-electron chi connectivity index (χ3n) is 6.03. The molecule has 4 rings (SSSR count). The van der Waals surface area contributed by atoms with Crippen molar-refractivity contribution in [1.82, 2.24) is 5.32 Å². The lowest BCUT2D eigenvalue weighted by atomic mass is 9.88. The summed E-state index contributed by atoms with van der Waals surface area (Å²) in [5, 5.41) is 2.75. The molecule has 0 aromatic heterocycles. The van der Waals surface area contributed by atoms with E-state index in [1.54, 1.807) is 36.4 Å². The number of piperidine rings is 2. The molecule has 0 bridgehead atoms. The number of amides is 2. The fourth-order valence-electron chi connectivity index (χ4n) is 4.45. The molecule has 0 aliphatic carbocycles. The van der Waals surface area contributed by atoms with Crippen molar-refractivity contribution in [3.8, 4) is 11.1 Å². The first-order chi connectivity index (χ1) is 14.8. The zero-order valence-corrected chi connectivity index (χ0v) is 17.5. The minimum atomic E-state index is -4.27. The number of nitrogens with zero attached hydrogens (tertiary/aromatic N) is 1. The van der Waals surface area contributed by atoms with E-state index in [4.69, 9.17) is 11.6 Å². The molecule has 31 heavy (non-hydrogen) atoms. The van der Waals surface area contributed by atoms with Crippen LogP contribution in [0.3, 0.4) is 0 Å². The maximum Gasteiger partial charge on any atom is 0.408 e. The van der Waals surface area contributed by atoms with Crippen molar-refractivity contribution < 1.29 is 22.8 Å². The van der Waals surface area contributed by atoms with E-state index in [9.17, 15) is 22.8 Å². The molecule has 0 saturated carbocycles. The molecular weight excluding hydrogens is 429 g/mol. The molecule has 2 unspecified atom stereocenters. The van der Waals surface area contributed by atoms with Crippen molar-refractivity contribution in [1.29, 1.82) is 0 Å². The van der Waals surface area contributed by atoms with Crippen LogP contribution >= 0.6 is 11.6 Å². The summed E-state index contributed by atoms with van der Waals surface area (Å²) in [4.78, 5) is 25.1. The highest BCUT2D eigenvalue weighted by Crippen LogP contribution is 2.39. The van der Waals surface area contributed by atoms with Crippen molar-refractivity contribution in [2.45, 2.75) is 50.2 Å². The number of hydrogen-bond acceptors (Lipinski definition) is 3. The van der Waals surface area contributed by atoms with E-state index in [0.717, 1.165) is 12.0 Å². The van der Waals surface area contributed by atoms with Crippen LogP contribution in [0, 0.1) is 0 Å². The van der Waals surface area contributed by atoms with E-state index in [-0.39, 0.29) is 24.7 Å². The van der Waals surface area contributed by atoms with Crippen molar-refractivity contribution in [2.75, 3.05) is 11.4 Å². The fourth-order valence-corrected chi connectivity index (χ4v) is 4.81. The molecule has 0 spiro atoms. The van der Waals surface area contributed by atoms with Crippen LogP contribution in [-0.2, 0) is 9.59 Å². The summed E-state index contributed by atoms with van der Waals surface area (Å²) < 4.78 is 40.3. The average Bonchev–Trinajstić information content (AvgIpc) is 2.74. The fraction of sp³-hybridized carbons (Fsp3) is 0.391. The summed E-state index contributed by atoms with van der Waals surface area (Å²) in [6.45, 7) is 0.370. The summed E-state index contributed by atoms with van der Waals surface area (Å²) in [6.07, 6.45) is -2.22. The molecule has 2 heterocycles. The van der Waals surface area contributed by atoms with E-state index in [2.05, 4.69) is 5.32 Å². The smallest absolute Gasteiger partial charge is 0.360 e. The molecule has 2 aromatic rings. The number of imide groups is 1. The van der Waals surface area contributed by atoms with Gasteiger partial charge in [-0.05, 0) is 48.9 Å². The quantitative estimate of drug-likeness (QED) is 0.633. The number of halogens is 4. The molecule has 2 aromatic carbocycles. The van der Waals surface area contributed by atoms with Crippen LogP contribution in [-0.4, -0.2) is 30.6 Å². The molecule has 1 N–H and O–H groups in total. The summed E-state index contributed by atoms with van der Waals surface area (Å²) in [5.41, 5.74) is 2.62. The summed E-state index contributed by atoms with van der Waals surface area (Å²) in [5.74, 6) is -1.17. The van der Waals surface area contributed by atoms with Crippen LogP contribution in [0.2, 0.25) is 5.02 Å². The summed E-state index contributed by atoms with van der Waals surface area (Å²) >= 11 is 6.63. The Hall–Kier alpha value is -2.54. The minimum Gasteiger partial charge on any atom is -0.360 e. The Balaban J connectivity index is 1.61. The molecule has 0 radical (unpaired) electrons. The van der Waals surface area contributed by atoms with Gasteiger partial charge in [-0.1, -0.05) is 41.9 Å². The number of nitrogens with one attached hydrogen (secondary N) is 1. The molecule has 4 nitrogen and oxygen atoms in total. The third-order valence-corrected chi connectivity index (χ3v) is 6.46. The first-order valence-corrected chi connectivity index (χ1v) is 10.7. The van der Waals surface area contributed by atoms with Crippen LogP contribution < -0.4 is 10.2 Å². The van der Waals surface area contributed by atoms with Gasteiger partial charge in [0.15, 0.2) is 0 Å². The van der Waals surface area contributed by atoms with Gasteiger partial charge in [0.25, 0.3) is 0 Å². The number of rotatable bonds is 3. The molecule has 2 aliphatic heterocycles. The largest absolute Gasteiger partial charge is 0.408 e. The number of anilines is 1. The Morgan fingerprint density at radius 3 is 2.42 bits per heavy atom. The molecule has 2 amide bonds. The summed E-state index contributed by atoms with van der Waals surface area (Å²) in [7, 11) is 0. The van der Waals surface area contributed by atoms with E-state index in [1.165, 1.54) is 4.90 Å². The number of alkyl halides is 3. The van der Waals surface area contributed by atoms with Crippen molar-refractivity contribution in [3.05, 3.63) is 53.1 Å². The Labute approximate surface area is 183 Å². The highest BCUT2D eigenvalue weighted by atomic mass is 35.5. The first kappa shape index (κ1) is 21.7. The van der Waals surface area contributed by atoms with Gasteiger partial charge in [-0.15, -0.1) is 0 Å². The van der Waals surface area contributed by atoms with Gasteiger partial charge in [0, 0.05) is 24.2 Å². The van der Waals surface area contributed by atoms with E-state index in [1.807, 2.05) is 6.07 Å². The lowest BCUT2D eigenvalue weighted by Gasteiger charge is -2.38. The number of benzene rings is 2. The standard InChI is InChI=1S/C23H22ClF3N2O2/c24-21-16(4-3-5-17(21)18-11-12-20(30)28-22(18)31)14-7-9-15(10-8-14)29-13-2-1-6-19(29)23(25,26)27/h3-5,7-10,18-19H,1-2,6,11-13H2,(H,28,30,31). The molecule has 2 saturated heterocycles. The topological polar surface area (TPSA) is 49.4 Å². The second-order valence-electron chi connectivity index (χ2n) is 8.01. The van der Waals surface area contributed by atoms with Gasteiger partial charge < -0.3 is 4.90 Å². The highest BCUT2D eigenvalue weighted by molar-refractivity contribution is 6.34. The maximum atomic E-state index is 13.4. The van der Waals surface area contributed by atoms with Gasteiger partial charge in [-0.25, -0.2) is 0 Å². The molecule has 8 heteroatoms. The van der Waals surface area contributed by atoms with E-state index < -0.39 is 18.1 Å². The van der Waals surface area contributed by atoms with Gasteiger partial charge >= 0.3 is 6.18 Å². The van der Waals surface area contributed by atoms with Gasteiger partial charge in [0.1, 0.15) is 6.04 Å². The van der Waals surface area contributed by atoms with Gasteiger partial charge in [0.2, 0.25) is 11.8 Å². The van der Waals surface area contributed by atoms with Gasteiger partial charge in [-0.2, -0.15) is 13.2 Å². The Morgan fingerprint density at radius 1 is 1.00 bits per heavy atom. The second kappa shape index (κ2) is 8.54. The Bertz CT molecular complexity index is 991. The monoisotopic (exact) mass is 450 g/mol. The molecule has 2 aliphatic rings. The van der Waals surface area contributed by atoms with Crippen molar-refractivity contribution in [2.24, 2.45) is 0 Å². The van der Waals surface area contributed by atoms with Gasteiger partial charge in [0.05, 0.1) is 10.9 Å². The van der Waals surface area contributed by atoms with Crippen LogP contribution in [0.1, 0.15) is 43.6 Å². The van der Waals surface area contributed by atoms with Crippen LogP contribution in [0.15, 0.2) is 42.5 Å². The van der Waals surface area contributed by atoms with E-state index >= 15 is 0 Å². The molecule has 2 fully saturated rings.